The molecule has 76 valence electrons. The minimum atomic E-state index is -1.03. The predicted octanol–water partition coefficient (Wildman–Crippen LogP) is 0.896. The van der Waals surface area contributed by atoms with Crippen molar-refractivity contribution in [2.45, 2.75) is 26.1 Å². The third-order valence-electron chi connectivity index (χ3n) is 1.75. The van der Waals surface area contributed by atoms with Gasteiger partial charge in [-0.2, -0.15) is 0 Å². The first kappa shape index (κ1) is 10.7. The van der Waals surface area contributed by atoms with Crippen molar-refractivity contribution in [3.63, 3.8) is 0 Å². The van der Waals surface area contributed by atoms with Gasteiger partial charge in [0, 0.05) is 6.20 Å². The van der Waals surface area contributed by atoms with Crippen LogP contribution in [0.4, 0.5) is 0 Å². The Morgan fingerprint density at radius 2 is 2.43 bits per heavy atom. The molecule has 0 spiro atoms. The third-order valence-corrected chi connectivity index (χ3v) is 1.75. The number of hydrogen-bond donors (Lipinski definition) is 1. The maximum atomic E-state index is 11.0. The Labute approximate surface area is 82.5 Å². The fourth-order valence-corrected chi connectivity index (χ4v) is 0.891. The van der Waals surface area contributed by atoms with E-state index in [2.05, 4.69) is 4.98 Å². The quantitative estimate of drug-likeness (QED) is 0.725. The van der Waals surface area contributed by atoms with Crippen LogP contribution in [0.2, 0.25) is 0 Å². The fraction of sp³-hybridized carbons (Fsp3) is 0.400. The Morgan fingerprint density at radius 3 is 3.00 bits per heavy atom. The highest BCUT2D eigenvalue weighted by Crippen LogP contribution is 1.99. The van der Waals surface area contributed by atoms with Gasteiger partial charge in [-0.1, -0.05) is 13.0 Å². The summed E-state index contributed by atoms with van der Waals surface area (Å²) < 4.78 is 4.83. The molecule has 0 aromatic carbocycles. The minimum absolute atomic E-state index is 0.108. The molecule has 0 radical (unpaired) electrons. The lowest BCUT2D eigenvalue weighted by Crippen LogP contribution is -2.21. The monoisotopic (exact) mass is 195 g/mol. The van der Waals surface area contributed by atoms with Crippen LogP contribution < -0.4 is 0 Å². The molecular formula is C10H13NO3. The maximum Gasteiger partial charge on any atom is 0.335 e. The lowest BCUT2D eigenvalue weighted by Gasteiger charge is -2.07. The SMILES string of the molecule is CCC(O)C(=O)OCc1ccccn1. The number of esters is 1. The van der Waals surface area contributed by atoms with Crippen molar-refractivity contribution < 1.29 is 14.6 Å². The number of nitrogens with zero attached hydrogens (tertiary/aromatic N) is 1. The molecule has 0 aliphatic rings. The molecule has 0 saturated carbocycles. The molecule has 4 nitrogen and oxygen atoms in total. The molecule has 4 heteroatoms. The van der Waals surface area contributed by atoms with Crippen molar-refractivity contribution >= 4 is 5.97 Å². The second-order valence-corrected chi connectivity index (χ2v) is 2.85. The van der Waals surface area contributed by atoms with Gasteiger partial charge >= 0.3 is 5.97 Å². The standard InChI is InChI=1S/C10H13NO3/c1-2-9(12)10(13)14-7-8-5-3-4-6-11-8/h3-6,9,12H,2,7H2,1H3. The number of carbonyl (C=O) groups excluding carboxylic acids is 1. The van der Waals surface area contributed by atoms with Crippen LogP contribution in [-0.2, 0) is 16.1 Å². The summed E-state index contributed by atoms with van der Waals surface area (Å²) >= 11 is 0. The molecule has 0 aliphatic heterocycles. The third kappa shape index (κ3) is 3.14. The fourth-order valence-electron chi connectivity index (χ4n) is 0.891. The van der Waals surface area contributed by atoms with Gasteiger partial charge in [0.1, 0.15) is 6.61 Å². The van der Waals surface area contributed by atoms with Crippen molar-refractivity contribution in [1.29, 1.82) is 0 Å². The number of pyridine rings is 1. The molecule has 1 rings (SSSR count). The summed E-state index contributed by atoms with van der Waals surface area (Å²) in [4.78, 5) is 15.0. The van der Waals surface area contributed by atoms with E-state index in [0.29, 0.717) is 12.1 Å². The van der Waals surface area contributed by atoms with Gasteiger partial charge in [0.2, 0.25) is 0 Å². The molecule has 0 amide bonds. The van der Waals surface area contributed by atoms with Crippen LogP contribution in [0.3, 0.4) is 0 Å². The average molecular weight is 195 g/mol. The molecular weight excluding hydrogens is 182 g/mol. The van der Waals surface area contributed by atoms with E-state index >= 15 is 0 Å². The lowest BCUT2D eigenvalue weighted by atomic mass is 10.3. The highest BCUT2D eigenvalue weighted by Gasteiger charge is 2.13. The molecule has 1 N–H and O–H groups in total. The van der Waals surface area contributed by atoms with E-state index < -0.39 is 12.1 Å². The first-order valence-electron chi connectivity index (χ1n) is 4.48. The highest BCUT2D eigenvalue weighted by molar-refractivity contribution is 5.74. The average Bonchev–Trinajstić information content (AvgIpc) is 2.26. The number of carbonyl (C=O) groups is 1. The predicted molar refractivity (Wildman–Crippen MR) is 50.3 cm³/mol. The summed E-state index contributed by atoms with van der Waals surface area (Å²) in [6.45, 7) is 1.82. The number of hydrogen-bond acceptors (Lipinski definition) is 4. The summed E-state index contributed by atoms with van der Waals surface area (Å²) in [6.07, 6.45) is 0.958. The summed E-state index contributed by atoms with van der Waals surface area (Å²) in [5.74, 6) is -0.599. The number of ether oxygens (including phenoxy) is 1. The molecule has 1 aromatic heterocycles. The van der Waals surface area contributed by atoms with Gasteiger partial charge in [-0.3, -0.25) is 4.98 Å². The Hall–Kier alpha value is -1.42. The molecule has 1 atom stereocenters. The van der Waals surface area contributed by atoms with Crippen LogP contribution in [0, 0.1) is 0 Å². The highest BCUT2D eigenvalue weighted by atomic mass is 16.5. The summed E-state index contributed by atoms with van der Waals surface area (Å²) in [5, 5.41) is 9.11. The largest absolute Gasteiger partial charge is 0.457 e. The van der Waals surface area contributed by atoms with Gasteiger partial charge in [-0.05, 0) is 18.6 Å². The molecule has 14 heavy (non-hydrogen) atoms. The van der Waals surface area contributed by atoms with Crippen molar-refractivity contribution in [3.05, 3.63) is 30.1 Å². The molecule has 1 heterocycles. The van der Waals surface area contributed by atoms with E-state index in [1.807, 2.05) is 6.07 Å². The Morgan fingerprint density at radius 1 is 1.64 bits per heavy atom. The zero-order valence-electron chi connectivity index (χ0n) is 8.01. The van der Waals surface area contributed by atoms with Crippen molar-refractivity contribution in [1.82, 2.24) is 4.98 Å². The van der Waals surface area contributed by atoms with Gasteiger partial charge in [0.25, 0.3) is 0 Å². The molecule has 1 aromatic rings. The summed E-state index contributed by atoms with van der Waals surface area (Å²) in [7, 11) is 0. The van der Waals surface area contributed by atoms with E-state index in [0.717, 1.165) is 0 Å². The van der Waals surface area contributed by atoms with Crippen LogP contribution in [0.1, 0.15) is 19.0 Å². The summed E-state index contributed by atoms with van der Waals surface area (Å²) in [6, 6.07) is 5.35. The van der Waals surface area contributed by atoms with E-state index in [1.165, 1.54) is 0 Å². The van der Waals surface area contributed by atoms with Crippen molar-refractivity contribution in [2.75, 3.05) is 0 Å². The van der Waals surface area contributed by atoms with Gasteiger partial charge in [0.05, 0.1) is 5.69 Å². The van der Waals surface area contributed by atoms with Crippen LogP contribution in [0.15, 0.2) is 24.4 Å². The van der Waals surface area contributed by atoms with E-state index in [9.17, 15) is 4.79 Å². The summed E-state index contributed by atoms with van der Waals surface area (Å²) in [5.41, 5.74) is 0.671. The Bertz CT molecular complexity index is 287. The lowest BCUT2D eigenvalue weighted by molar-refractivity contribution is -0.155. The van der Waals surface area contributed by atoms with Gasteiger partial charge in [-0.15, -0.1) is 0 Å². The first-order valence-corrected chi connectivity index (χ1v) is 4.48. The van der Waals surface area contributed by atoms with Crippen LogP contribution in [0.5, 0.6) is 0 Å². The normalized spacial score (nSPS) is 12.1. The smallest absolute Gasteiger partial charge is 0.335 e. The Kier molecular flexibility index (Phi) is 4.07. The Balaban J connectivity index is 2.38. The molecule has 1 unspecified atom stereocenters. The van der Waals surface area contributed by atoms with Crippen molar-refractivity contribution in [2.24, 2.45) is 0 Å². The zero-order valence-corrected chi connectivity index (χ0v) is 8.01. The first-order chi connectivity index (χ1) is 6.74. The number of aliphatic hydroxyl groups excluding tert-OH is 1. The molecule has 0 bridgehead atoms. The topological polar surface area (TPSA) is 59.4 Å². The maximum absolute atomic E-state index is 11.0. The number of aliphatic hydroxyl groups is 1. The van der Waals surface area contributed by atoms with E-state index in [1.54, 1.807) is 25.3 Å². The number of rotatable bonds is 4. The van der Waals surface area contributed by atoms with Gasteiger partial charge < -0.3 is 9.84 Å². The van der Waals surface area contributed by atoms with Crippen LogP contribution >= 0.6 is 0 Å². The second-order valence-electron chi connectivity index (χ2n) is 2.85. The molecule has 0 fully saturated rings. The number of aromatic nitrogens is 1. The molecule has 0 saturated heterocycles. The van der Waals surface area contributed by atoms with E-state index in [4.69, 9.17) is 9.84 Å². The minimum Gasteiger partial charge on any atom is -0.457 e. The molecule has 0 aliphatic carbocycles. The zero-order chi connectivity index (χ0) is 10.4. The van der Waals surface area contributed by atoms with Crippen LogP contribution in [0.25, 0.3) is 0 Å². The van der Waals surface area contributed by atoms with Gasteiger partial charge in [-0.25, -0.2) is 4.79 Å². The second kappa shape index (κ2) is 5.34. The van der Waals surface area contributed by atoms with Crippen LogP contribution in [-0.4, -0.2) is 22.2 Å². The van der Waals surface area contributed by atoms with Gasteiger partial charge in [0.15, 0.2) is 6.10 Å². The van der Waals surface area contributed by atoms with Crippen molar-refractivity contribution in [3.8, 4) is 0 Å². The van der Waals surface area contributed by atoms with E-state index in [-0.39, 0.29) is 6.61 Å².